The Kier molecular flexibility index (Phi) is 3.37. The van der Waals surface area contributed by atoms with E-state index >= 15 is 0 Å². The predicted octanol–water partition coefficient (Wildman–Crippen LogP) is 5.19. The molecule has 0 bridgehead atoms. The summed E-state index contributed by atoms with van der Waals surface area (Å²) in [5.74, 6) is 0. The topological polar surface area (TPSA) is 20.7 Å². The van der Waals surface area contributed by atoms with Crippen molar-refractivity contribution in [3.05, 3.63) is 48.8 Å². The van der Waals surface area contributed by atoms with Gasteiger partial charge in [-0.05, 0) is 55.9 Å². The Bertz CT molecular complexity index is 791. The molecule has 98 valence electrons. The number of rotatable bonds is 2. The summed E-state index contributed by atoms with van der Waals surface area (Å²) in [5.41, 5.74) is 3.58. The third-order valence-corrected chi connectivity index (χ3v) is 5.22. The minimum absolute atomic E-state index is 0.775. The van der Waals surface area contributed by atoms with Crippen molar-refractivity contribution in [2.45, 2.75) is 20.4 Å². The van der Waals surface area contributed by atoms with Crippen molar-refractivity contribution in [2.75, 3.05) is 0 Å². The van der Waals surface area contributed by atoms with Crippen LogP contribution in [0.4, 0.5) is 0 Å². The number of thiophene rings is 1. The van der Waals surface area contributed by atoms with E-state index in [0.717, 1.165) is 26.8 Å². The predicted molar refractivity (Wildman–Crippen MR) is 87.7 cm³/mol. The van der Waals surface area contributed by atoms with Gasteiger partial charge in [0.05, 0.1) is 17.6 Å². The fourth-order valence-corrected chi connectivity index (χ4v) is 3.85. The van der Waals surface area contributed by atoms with Crippen molar-refractivity contribution < 1.29 is 0 Å². The van der Waals surface area contributed by atoms with E-state index in [4.69, 9.17) is 12.2 Å². The second kappa shape index (κ2) is 4.89. The number of hydrogen-bond donors (Lipinski definition) is 1. The van der Waals surface area contributed by atoms with Gasteiger partial charge in [0, 0.05) is 14.2 Å². The van der Waals surface area contributed by atoms with Crippen molar-refractivity contribution in [2.24, 2.45) is 0 Å². The van der Waals surface area contributed by atoms with E-state index in [2.05, 4.69) is 57.5 Å². The molecule has 0 amide bonds. The molecule has 0 aliphatic rings. The van der Waals surface area contributed by atoms with Crippen LogP contribution in [0, 0.1) is 18.6 Å². The number of aromatic amines is 1. The zero-order valence-corrected chi connectivity index (χ0v) is 13.9. The SMILES string of the molecule is Cc1cc(Cn2c(=S)[nH]c3cc(Br)ccc32)sc1C. The number of fused-ring (bicyclic) bond motifs is 1. The fraction of sp³-hybridized carbons (Fsp3) is 0.214. The molecule has 0 atom stereocenters. The standard InChI is InChI=1S/C14H13BrN2S2/c1-8-5-11(19-9(8)2)7-17-13-4-3-10(15)6-12(13)16-14(17)18/h3-6H,7H2,1-2H3,(H,16,18). The molecule has 0 saturated heterocycles. The minimum Gasteiger partial charge on any atom is -0.331 e. The highest BCUT2D eigenvalue weighted by molar-refractivity contribution is 9.10. The van der Waals surface area contributed by atoms with E-state index in [-0.39, 0.29) is 0 Å². The monoisotopic (exact) mass is 352 g/mol. The van der Waals surface area contributed by atoms with Crippen molar-refractivity contribution in [3.8, 4) is 0 Å². The summed E-state index contributed by atoms with van der Waals surface area (Å²) in [6, 6.07) is 8.46. The Morgan fingerprint density at radius 2 is 2.11 bits per heavy atom. The zero-order chi connectivity index (χ0) is 13.6. The van der Waals surface area contributed by atoms with Gasteiger partial charge in [-0.3, -0.25) is 0 Å². The van der Waals surface area contributed by atoms with Crippen LogP contribution < -0.4 is 0 Å². The highest BCUT2D eigenvalue weighted by Gasteiger charge is 2.08. The second-order valence-corrected chi connectivity index (χ2v) is 7.27. The Balaban J connectivity index is 2.10. The Morgan fingerprint density at radius 1 is 1.32 bits per heavy atom. The molecular formula is C14H13BrN2S2. The lowest BCUT2D eigenvalue weighted by atomic mass is 10.3. The van der Waals surface area contributed by atoms with E-state index in [1.54, 1.807) is 0 Å². The van der Waals surface area contributed by atoms with Crippen LogP contribution in [0.15, 0.2) is 28.7 Å². The Labute approximate surface area is 129 Å². The van der Waals surface area contributed by atoms with Gasteiger partial charge >= 0.3 is 0 Å². The molecule has 0 aliphatic heterocycles. The van der Waals surface area contributed by atoms with Gasteiger partial charge < -0.3 is 9.55 Å². The van der Waals surface area contributed by atoms with Crippen LogP contribution in [0.3, 0.4) is 0 Å². The summed E-state index contributed by atoms with van der Waals surface area (Å²) < 4.78 is 3.99. The number of hydrogen-bond acceptors (Lipinski definition) is 2. The lowest BCUT2D eigenvalue weighted by Crippen LogP contribution is -1.97. The highest BCUT2D eigenvalue weighted by Crippen LogP contribution is 2.24. The normalized spacial score (nSPS) is 11.3. The molecule has 1 aromatic carbocycles. The first-order valence-electron chi connectivity index (χ1n) is 5.98. The summed E-state index contributed by atoms with van der Waals surface area (Å²) in [6.07, 6.45) is 0. The van der Waals surface area contributed by atoms with Crippen LogP contribution in [-0.4, -0.2) is 9.55 Å². The van der Waals surface area contributed by atoms with Crippen LogP contribution >= 0.6 is 39.5 Å². The number of nitrogens with one attached hydrogen (secondary N) is 1. The first-order chi connectivity index (χ1) is 9.04. The maximum absolute atomic E-state index is 5.43. The molecule has 2 heterocycles. The first kappa shape index (κ1) is 13.1. The van der Waals surface area contributed by atoms with Gasteiger partial charge in [0.15, 0.2) is 4.77 Å². The number of benzene rings is 1. The van der Waals surface area contributed by atoms with Gasteiger partial charge in [-0.25, -0.2) is 0 Å². The molecule has 2 aromatic heterocycles. The van der Waals surface area contributed by atoms with Gasteiger partial charge in [-0.1, -0.05) is 15.9 Å². The van der Waals surface area contributed by atoms with E-state index in [1.165, 1.54) is 15.3 Å². The molecule has 0 fully saturated rings. The maximum Gasteiger partial charge on any atom is 0.178 e. The van der Waals surface area contributed by atoms with Gasteiger partial charge in [0.1, 0.15) is 0 Å². The molecule has 2 nitrogen and oxygen atoms in total. The molecule has 19 heavy (non-hydrogen) atoms. The van der Waals surface area contributed by atoms with E-state index < -0.39 is 0 Å². The number of H-pyrrole nitrogens is 1. The van der Waals surface area contributed by atoms with Crippen LogP contribution in [0.5, 0.6) is 0 Å². The van der Waals surface area contributed by atoms with Crippen LogP contribution in [-0.2, 0) is 6.54 Å². The summed E-state index contributed by atoms with van der Waals surface area (Å²) in [6.45, 7) is 5.15. The van der Waals surface area contributed by atoms with Gasteiger partial charge in [-0.15, -0.1) is 11.3 Å². The van der Waals surface area contributed by atoms with Gasteiger partial charge in [0.2, 0.25) is 0 Å². The van der Waals surface area contributed by atoms with Crippen molar-refractivity contribution in [1.29, 1.82) is 0 Å². The summed E-state index contributed by atoms with van der Waals surface area (Å²) in [7, 11) is 0. The fourth-order valence-electron chi connectivity index (χ4n) is 2.18. The third-order valence-electron chi connectivity index (χ3n) is 3.27. The molecule has 0 aliphatic carbocycles. The molecule has 5 heteroatoms. The number of aryl methyl sites for hydroxylation is 2. The van der Waals surface area contributed by atoms with Crippen molar-refractivity contribution >= 4 is 50.5 Å². The molecule has 1 N–H and O–H groups in total. The molecule has 3 rings (SSSR count). The average Bonchev–Trinajstić information content (AvgIpc) is 2.81. The largest absolute Gasteiger partial charge is 0.331 e. The van der Waals surface area contributed by atoms with Crippen LogP contribution in [0.25, 0.3) is 11.0 Å². The van der Waals surface area contributed by atoms with Crippen LogP contribution in [0.1, 0.15) is 15.3 Å². The summed E-state index contributed by atoms with van der Waals surface area (Å²) >= 11 is 10.8. The number of imidazole rings is 1. The molecule has 0 unspecified atom stereocenters. The van der Waals surface area contributed by atoms with E-state index in [1.807, 2.05) is 17.4 Å². The smallest absolute Gasteiger partial charge is 0.178 e. The molecule has 0 saturated carbocycles. The lowest BCUT2D eigenvalue weighted by Gasteiger charge is -2.02. The zero-order valence-electron chi connectivity index (χ0n) is 10.7. The Hall–Kier alpha value is -0.910. The summed E-state index contributed by atoms with van der Waals surface area (Å²) in [4.78, 5) is 5.98. The molecule has 0 radical (unpaired) electrons. The third kappa shape index (κ3) is 2.42. The minimum atomic E-state index is 0.775. The quantitative estimate of drug-likeness (QED) is 0.629. The lowest BCUT2D eigenvalue weighted by molar-refractivity contribution is 0.823. The molecule has 3 aromatic rings. The average molecular weight is 353 g/mol. The van der Waals surface area contributed by atoms with E-state index in [9.17, 15) is 0 Å². The maximum atomic E-state index is 5.43. The number of halogens is 1. The Morgan fingerprint density at radius 3 is 2.79 bits per heavy atom. The highest BCUT2D eigenvalue weighted by atomic mass is 79.9. The van der Waals surface area contributed by atoms with Gasteiger partial charge in [-0.2, -0.15) is 0 Å². The van der Waals surface area contributed by atoms with E-state index in [0.29, 0.717) is 0 Å². The number of aromatic nitrogens is 2. The summed E-state index contributed by atoms with van der Waals surface area (Å²) in [5, 5.41) is 0. The van der Waals surface area contributed by atoms with Crippen LogP contribution in [0.2, 0.25) is 0 Å². The van der Waals surface area contributed by atoms with Crippen molar-refractivity contribution in [3.63, 3.8) is 0 Å². The second-order valence-electron chi connectivity index (χ2n) is 4.63. The first-order valence-corrected chi connectivity index (χ1v) is 8.00. The molecule has 0 spiro atoms. The van der Waals surface area contributed by atoms with Crippen molar-refractivity contribution in [1.82, 2.24) is 9.55 Å². The number of nitrogens with zero attached hydrogens (tertiary/aromatic N) is 1. The van der Waals surface area contributed by atoms with Gasteiger partial charge in [0.25, 0.3) is 0 Å². The molecular weight excluding hydrogens is 340 g/mol.